The van der Waals surface area contributed by atoms with Crippen LogP contribution in [0.3, 0.4) is 0 Å². The minimum atomic E-state index is -0.397. The van der Waals surface area contributed by atoms with Crippen LogP contribution in [-0.2, 0) is 11.2 Å². The van der Waals surface area contributed by atoms with Gasteiger partial charge in [-0.2, -0.15) is 5.26 Å². The maximum atomic E-state index is 12.4. The van der Waals surface area contributed by atoms with Crippen molar-refractivity contribution in [2.75, 3.05) is 13.1 Å². The predicted molar refractivity (Wildman–Crippen MR) is 105 cm³/mol. The van der Waals surface area contributed by atoms with Gasteiger partial charge in [-0.15, -0.1) is 0 Å². The number of aryl methyl sites for hydroxylation is 1. The summed E-state index contributed by atoms with van der Waals surface area (Å²) < 4.78 is 5.15. The van der Waals surface area contributed by atoms with Gasteiger partial charge in [0.2, 0.25) is 5.91 Å². The highest BCUT2D eigenvalue weighted by Crippen LogP contribution is 2.17. The minimum absolute atomic E-state index is 0.0237. The fourth-order valence-electron chi connectivity index (χ4n) is 3.74. The zero-order valence-electron chi connectivity index (χ0n) is 16.6. The molecule has 2 aromatic heterocycles. The summed E-state index contributed by atoms with van der Waals surface area (Å²) in [5.41, 5.74) is 1.84. The molecular formula is C21H24N4O4. The Labute approximate surface area is 168 Å². The lowest BCUT2D eigenvalue weighted by atomic mass is 9.98. The van der Waals surface area contributed by atoms with Gasteiger partial charge in [0.15, 0.2) is 5.76 Å². The summed E-state index contributed by atoms with van der Waals surface area (Å²) in [5, 5.41) is 12.2. The van der Waals surface area contributed by atoms with E-state index in [1.54, 1.807) is 30.9 Å². The normalized spacial score (nSPS) is 14.4. The first-order chi connectivity index (χ1) is 13.9. The van der Waals surface area contributed by atoms with Crippen LogP contribution in [-0.4, -0.2) is 40.8 Å². The molecule has 8 heteroatoms. The van der Waals surface area contributed by atoms with E-state index in [0.29, 0.717) is 49.4 Å². The van der Waals surface area contributed by atoms with Crippen molar-refractivity contribution in [3.8, 4) is 6.07 Å². The van der Waals surface area contributed by atoms with E-state index < -0.39 is 5.56 Å². The number of furan rings is 1. The molecule has 1 aliphatic heterocycles. The van der Waals surface area contributed by atoms with Crippen molar-refractivity contribution in [3.05, 3.63) is 56.9 Å². The maximum absolute atomic E-state index is 12.4. The van der Waals surface area contributed by atoms with Crippen molar-refractivity contribution in [2.24, 2.45) is 0 Å². The maximum Gasteiger partial charge on any atom is 0.289 e. The number of H-pyrrole nitrogens is 1. The van der Waals surface area contributed by atoms with Gasteiger partial charge >= 0.3 is 0 Å². The number of nitrogens with zero attached hydrogens (tertiary/aromatic N) is 2. The lowest BCUT2D eigenvalue weighted by molar-refractivity contribution is -0.122. The Morgan fingerprint density at radius 3 is 2.69 bits per heavy atom. The minimum Gasteiger partial charge on any atom is -0.459 e. The largest absolute Gasteiger partial charge is 0.459 e. The Hall–Kier alpha value is -3.34. The molecule has 3 rings (SSSR count). The van der Waals surface area contributed by atoms with E-state index in [0.717, 1.165) is 5.56 Å². The fraction of sp³-hybridized carbons (Fsp3) is 0.429. The summed E-state index contributed by atoms with van der Waals surface area (Å²) in [5.74, 6) is 0.122. The van der Waals surface area contributed by atoms with E-state index in [2.05, 4.69) is 10.3 Å². The van der Waals surface area contributed by atoms with Gasteiger partial charge in [0.25, 0.3) is 11.5 Å². The molecule has 0 unspecified atom stereocenters. The van der Waals surface area contributed by atoms with Gasteiger partial charge in [0.05, 0.1) is 6.26 Å². The third-order valence-electron chi connectivity index (χ3n) is 5.40. The van der Waals surface area contributed by atoms with Crippen LogP contribution in [0.1, 0.15) is 52.2 Å². The van der Waals surface area contributed by atoms with Crippen LogP contribution in [0.4, 0.5) is 0 Å². The Balaban J connectivity index is 1.51. The second-order valence-corrected chi connectivity index (χ2v) is 7.28. The van der Waals surface area contributed by atoms with E-state index in [1.165, 1.54) is 6.26 Å². The topological polar surface area (TPSA) is 119 Å². The molecule has 0 spiro atoms. The summed E-state index contributed by atoms with van der Waals surface area (Å²) in [7, 11) is 0. The van der Waals surface area contributed by atoms with Gasteiger partial charge in [0, 0.05) is 31.2 Å². The van der Waals surface area contributed by atoms with Gasteiger partial charge in [0.1, 0.15) is 11.6 Å². The lowest BCUT2D eigenvalue weighted by Crippen LogP contribution is -2.46. The summed E-state index contributed by atoms with van der Waals surface area (Å²) in [4.78, 5) is 40.9. The fourth-order valence-corrected chi connectivity index (χ4v) is 3.74. The molecule has 0 saturated carbocycles. The number of rotatable bonds is 5. The number of pyridine rings is 1. The molecule has 0 bridgehead atoms. The second-order valence-electron chi connectivity index (χ2n) is 7.28. The van der Waals surface area contributed by atoms with Gasteiger partial charge in [-0.1, -0.05) is 0 Å². The van der Waals surface area contributed by atoms with E-state index >= 15 is 0 Å². The number of nitriles is 1. The molecule has 0 aliphatic carbocycles. The highest BCUT2D eigenvalue weighted by atomic mass is 16.3. The van der Waals surface area contributed by atoms with E-state index in [9.17, 15) is 14.4 Å². The van der Waals surface area contributed by atoms with Crippen LogP contribution in [0, 0.1) is 25.2 Å². The van der Waals surface area contributed by atoms with Crippen molar-refractivity contribution < 1.29 is 14.0 Å². The molecule has 2 N–H and O–H groups in total. The third-order valence-corrected chi connectivity index (χ3v) is 5.40. The monoisotopic (exact) mass is 396 g/mol. The van der Waals surface area contributed by atoms with Crippen LogP contribution >= 0.6 is 0 Å². The van der Waals surface area contributed by atoms with Gasteiger partial charge in [-0.05, 0) is 56.4 Å². The summed E-state index contributed by atoms with van der Waals surface area (Å²) in [6, 6.07) is 5.28. The van der Waals surface area contributed by atoms with Crippen LogP contribution < -0.4 is 10.9 Å². The number of piperidine rings is 1. The predicted octanol–water partition coefficient (Wildman–Crippen LogP) is 1.81. The summed E-state index contributed by atoms with van der Waals surface area (Å²) >= 11 is 0. The highest BCUT2D eigenvalue weighted by Gasteiger charge is 2.25. The second kappa shape index (κ2) is 8.78. The molecule has 3 heterocycles. The molecule has 2 amide bonds. The van der Waals surface area contributed by atoms with E-state index in [1.807, 2.05) is 6.07 Å². The van der Waals surface area contributed by atoms with Crippen LogP contribution in [0.15, 0.2) is 27.6 Å². The van der Waals surface area contributed by atoms with Crippen LogP contribution in [0.2, 0.25) is 0 Å². The number of aromatic amines is 1. The quantitative estimate of drug-likeness (QED) is 0.799. The molecule has 0 aromatic carbocycles. The number of nitrogens with one attached hydrogen (secondary N) is 2. The first-order valence-electron chi connectivity index (χ1n) is 9.65. The SMILES string of the molecule is Cc1[nH]c(=O)c(C#N)c(C)c1CCC(=O)NC1CCN(C(=O)c2ccco2)CC1. The van der Waals surface area contributed by atoms with Gasteiger partial charge in [-0.3, -0.25) is 14.4 Å². The van der Waals surface area contributed by atoms with Gasteiger partial charge < -0.3 is 19.6 Å². The molecule has 1 aliphatic rings. The van der Waals surface area contributed by atoms with Crippen LogP contribution in [0.25, 0.3) is 0 Å². The van der Waals surface area contributed by atoms with Crippen molar-refractivity contribution in [1.29, 1.82) is 5.26 Å². The molecular weight excluding hydrogens is 372 g/mol. The summed E-state index contributed by atoms with van der Waals surface area (Å²) in [6.45, 7) is 4.64. The van der Waals surface area contributed by atoms with Crippen LogP contribution in [0.5, 0.6) is 0 Å². The lowest BCUT2D eigenvalue weighted by Gasteiger charge is -2.32. The van der Waals surface area contributed by atoms with E-state index in [4.69, 9.17) is 9.68 Å². The number of carbonyl (C=O) groups is 2. The third kappa shape index (κ3) is 4.57. The number of hydrogen-bond donors (Lipinski definition) is 2. The zero-order chi connectivity index (χ0) is 21.0. The van der Waals surface area contributed by atoms with Crippen molar-refractivity contribution in [3.63, 3.8) is 0 Å². The molecule has 1 saturated heterocycles. The average Bonchev–Trinajstić information content (AvgIpc) is 3.22. The number of carbonyl (C=O) groups excluding carboxylic acids is 2. The van der Waals surface area contributed by atoms with Gasteiger partial charge in [-0.25, -0.2) is 0 Å². The smallest absolute Gasteiger partial charge is 0.289 e. The van der Waals surface area contributed by atoms with Crippen molar-refractivity contribution in [1.82, 2.24) is 15.2 Å². The zero-order valence-corrected chi connectivity index (χ0v) is 16.6. The number of aromatic nitrogens is 1. The standard InChI is InChI=1S/C21H24N4O4/c1-13-16(14(2)23-20(27)17(13)12-22)5-6-19(26)24-15-7-9-25(10-8-15)21(28)18-4-3-11-29-18/h3-4,11,15H,5-10H2,1-2H3,(H,23,27)(H,24,26). The van der Waals surface area contributed by atoms with Crippen molar-refractivity contribution >= 4 is 11.8 Å². The molecule has 8 nitrogen and oxygen atoms in total. The molecule has 0 radical (unpaired) electrons. The number of likely N-dealkylation sites (tertiary alicyclic amines) is 1. The first-order valence-corrected chi connectivity index (χ1v) is 9.65. The number of amides is 2. The molecule has 152 valence electrons. The Bertz CT molecular complexity index is 993. The first kappa shape index (κ1) is 20.4. The molecule has 0 atom stereocenters. The molecule has 2 aromatic rings. The molecule has 29 heavy (non-hydrogen) atoms. The Morgan fingerprint density at radius 2 is 2.07 bits per heavy atom. The summed E-state index contributed by atoms with van der Waals surface area (Å²) in [6.07, 6.45) is 3.57. The highest BCUT2D eigenvalue weighted by molar-refractivity contribution is 5.91. The van der Waals surface area contributed by atoms with E-state index in [-0.39, 0.29) is 29.8 Å². The Kier molecular flexibility index (Phi) is 6.17. The van der Waals surface area contributed by atoms with Crippen molar-refractivity contribution in [2.45, 2.75) is 45.6 Å². The number of hydrogen-bond acceptors (Lipinski definition) is 5. The Morgan fingerprint density at radius 1 is 1.34 bits per heavy atom. The average molecular weight is 396 g/mol. The molecule has 1 fully saturated rings.